The van der Waals surface area contributed by atoms with E-state index in [4.69, 9.17) is 4.74 Å². The summed E-state index contributed by atoms with van der Waals surface area (Å²) >= 11 is 0. The van der Waals surface area contributed by atoms with Crippen molar-refractivity contribution in [3.05, 3.63) is 71.0 Å². The lowest BCUT2D eigenvalue weighted by Crippen LogP contribution is -2.36. The molecule has 0 radical (unpaired) electrons. The van der Waals surface area contributed by atoms with Crippen molar-refractivity contribution in [2.45, 2.75) is 12.5 Å². The number of benzene rings is 2. The number of aromatic nitrogens is 1. The Morgan fingerprint density at radius 1 is 1.10 bits per heavy atom. The number of nitrogens with one attached hydrogen (secondary N) is 1. The van der Waals surface area contributed by atoms with E-state index < -0.39 is 6.10 Å². The van der Waals surface area contributed by atoms with Gasteiger partial charge in [-0.3, -0.25) is 9.59 Å². The van der Waals surface area contributed by atoms with Crippen LogP contribution >= 0.6 is 0 Å². The van der Waals surface area contributed by atoms with Gasteiger partial charge in [0.2, 0.25) is 11.5 Å². The second kappa shape index (κ2) is 10.0. The highest BCUT2D eigenvalue weighted by Gasteiger charge is 2.14. The maximum Gasteiger partial charge on any atom is 0.248 e. The van der Waals surface area contributed by atoms with E-state index in [0.29, 0.717) is 25.3 Å². The van der Waals surface area contributed by atoms with E-state index in [-0.39, 0.29) is 18.1 Å². The quantitative estimate of drug-likeness (QED) is 0.566. The van der Waals surface area contributed by atoms with Crippen LogP contribution in [-0.4, -0.2) is 60.8 Å². The topological polar surface area (TPSA) is 85.9 Å². The molecule has 0 aliphatic heterocycles. The van der Waals surface area contributed by atoms with Crippen LogP contribution in [-0.2, 0) is 4.79 Å². The SMILES string of the molecule is CN(CCC(=O)N(C)c1ccccc1)CC(O)COc1ccc2[nH]c(=O)ccc2c1. The number of amides is 1. The number of likely N-dealkylation sites (N-methyl/N-ethyl adjacent to an activating group) is 1. The van der Waals surface area contributed by atoms with Crippen molar-refractivity contribution in [1.82, 2.24) is 9.88 Å². The number of H-pyrrole nitrogens is 1. The molecule has 1 unspecified atom stereocenters. The molecular formula is C23H27N3O4. The lowest BCUT2D eigenvalue weighted by atomic mass is 10.2. The van der Waals surface area contributed by atoms with Gasteiger partial charge in [-0.15, -0.1) is 0 Å². The number of carbonyl (C=O) groups excluding carboxylic acids is 1. The van der Waals surface area contributed by atoms with Gasteiger partial charge in [-0.25, -0.2) is 0 Å². The first-order valence-corrected chi connectivity index (χ1v) is 9.86. The highest BCUT2D eigenvalue weighted by molar-refractivity contribution is 5.92. The third kappa shape index (κ3) is 5.92. The average molecular weight is 409 g/mol. The molecular weight excluding hydrogens is 382 g/mol. The van der Waals surface area contributed by atoms with Crippen LogP contribution in [0.5, 0.6) is 5.75 Å². The fourth-order valence-electron chi connectivity index (χ4n) is 3.17. The van der Waals surface area contributed by atoms with Gasteiger partial charge in [0.25, 0.3) is 0 Å². The van der Waals surface area contributed by atoms with E-state index in [1.54, 1.807) is 30.1 Å². The van der Waals surface area contributed by atoms with Crippen LogP contribution in [0.2, 0.25) is 0 Å². The smallest absolute Gasteiger partial charge is 0.248 e. The zero-order chi connectivity index (χ0) is 21.5. The summed E-state index contributed by atoms with van der Waals surface area (Å²) in [6, 6.07) is 18.1. The van der Waals surface area contributed by atoms with Crippen LogP contribution in [0.1, 0.15) is 6.42 Å². The third-order valence-corrected chi connectivity index (χ3v) is 4.88. The molecule has 1 amide bonds. The molecule has 158 valence electrons. The molecule has 0 saturated carbocycles. The highest BCUT2D eigenvalue weighted by atomic mass is 16.5. The van der Waals surface area contributed by atoms with Crippen molar-refractivity contribution in [3.63, 3.8) is 0 Å². The Morgan fingerprint density at radius 3 is 2.63 bits per heavy atom. The molecule has 3 aromatic rings. The van der Waals surface area contributed by atoms with Crippen molar-refractivity contribution in [3.8, 4) is 5.75 Å². The Bertz CT molecular complexity index is 1040. The summed E-state index contributed by atoms with van der Waals surface area (Å²) in [5.41, 5.74) is 1.45. The maximum atomic E-state index is 12.4. The summed E-state index contributed by atoms with van der Waals surface area (Å²) in [7, 11) is 3.63. The van der Waals surface area contributed by atoms with E-state index in [1.807, 2.05) is 48.3 Å². The van der Waals surface area contributed by atoms with Crippen LogP contribution in [0.15, 0.2) is 65.5 Å². The van der Waals surface area contributed by atoms with Gasteiger partial charge in [-0.2, -0.15) is 0 Å². The standard InChI is InChI=1S/C23H27N3O4/c1-25(13-12-23(29)26(2)18-6-4-3-5-7-18)15-19(27)16-30-20-9-10-21-17(14-20)8-11-22(28)24-21/h3-11,14,19,27H,12-13,15-16H2,1-2H3,(H,24,28). The zero-order valence-electron chi connectivity index (χ0n) is 17.2. The van der Waals surface area contributed by atoms with E-state index in [0.717, 1.165) is 16.6 Å². The molecule has 0 spiro atoms. The highest BCUT2D eigenvalue weighted by Crippen LogP contribution is 2.18. The lowest BCUT2D eigenvalue weighted by molar-refractivity contribution is -0.118. The van der Waals surface area contributed by atoms with Gasteiger partial charge >= 0.3 is 0 Å². The monoisotopic (exact) mass is 409 g/mol. The summed E-state index contributed by atoms with van der Waals surface area (Å²) in [6.45, 7) is 1.07. The number of pyridine rings is 1. The number of hydrogen-bond donors (Lipinski definition) is 2. The summed E-state index contributed by atoms with van der Waals surface area (Å²) in [5.74, 6) is 0.643. The Kier molecular flexibility index (Phi) is 7.21. The number of aliphatic hydroxyl groups excluding tert-OH is 1. The van der Waals surface area contributed by atoms with Gasteiger partial charge < -0.3 is 24.6 Å². The summed E-state index contributed by atoms with van der Waals surface area (Å²) in [5, 5.41) is 11.1. The van der Waals surface area contributed by atoms with Gasteiger partial charge in [0.1, 0.15) is 18.5 Å². The fraction of sp³-hybridized carbons (Fsp3) is 0.304. The molecule has 7 heteroatoms. The minimum Gasteiger partial charge on any atom is -0.491 e. The first kappa shape index (κ1) is 21.5. The summed E-state index contributed by atoms with van der Waals surface area (Å²) < 4.78 is 5.68. The molecule has 1 aromatic heterocycles. The predicted molar refractivity (Wildman–Crippen MR) is 118 cm³/mol. The predicted octanol–water partition coefficient (Wildman–Crippen LogP) is 2.25. The van der Waals surface area contributed by atoms with Gasteiger partial charge in [0.05, 0.1) is 0 Å². The zero-order valence-corrected chi connectivity index (χ0v) is 17.2. The van der Waals surface area contributed by atoms with Gasteiger partial charge in [-0.1, -0.05) is 18.2 Å². The molecule has 0 saturated heterocycles. The Hall–Kier alpha value is -3.16. The molecule has 2 N–H and O–H groups in total. The van der Waals surface area contributed by atoms with Gasteiger partial charge in [0.15, 0.2) is 0 Å². The minimum atomic E-state index is -0.691. The normalized spacial score (nSPS) is 12.1. The average Bonchev–Trinajstić information content (AvgIpc) is 2.76. The molecule has 30 heavy (non-hydrogen) atoms. The lowest BCUT2D eigenvalue weighted by Gasteiger charge is -2.22. The Labute approximate surface area is 175 Å². The van der Waals surface area contributed by atoms with Crippen LogP contribution < -0.4 is 15.2 Å². The summed E-state index contributed by atoms with van der Waals surface area (Å²) in [4.78, 5) is 30.0. The van der Waals surface area contributed by atoms with Crippen molar-refractivity contribution in [1.29, 1.82) is 0 Å². The minimum absolute atomic E-state index is 0.0213. The van der Waals surface area contributed by atoms with Gasteiger partial charge in [0, 0.05) is 49.2 Å². The fourth-order valence-corrected chi connectivity index (χ4v) is 3.17. The Morgan fingerprint density at radius 2 is 1.87 bits per heavy atom. The van der Waals surface area contributed by atoms with Crippen molar-refractivity contribution in [2.75, 3.05) is 38.7 Å². The number of ether oxygens (including phenoxy) is 1. The summed E-state index contributed by atoms with van der Waals surface area (Å²) in [6.07, 6.45) is -0.332. The first-order valence-electron chi connectivity index (χ1n) is 9.86. The van der Waals surface area contributed by atoms with Gasteiger partial charge in [-0.05, 0) is 43.4 Å². The number of para-hydroxylation sites is 1. The molecule has 0 aliphatic rings. The number of anilines is 1. The van der Waals surface area contributed by atoms with Crippen LogP contribution in [0.4, 0.5) is 5.69 Å². The Balaban J connectivity index is 1.43. The van der Waals surface area contributed by atoms with Crippen LogP contribution in [0.3, 0.4) is 0 Å². The molecule has 0 bridgehead atoms. The number of rotatable bonds is 9. The van der Waals surface area contributed by atoms with E-state index in [1.165, 1.54) is 6.07 Å². The number of hydrogen-bond acceptors (Lipinski definition) is 5. The molecule has 7 nitrogen and oxygen atoms in total. The molecule has 3 rings (SSSR count). The number of carbonyl (C=O) groups is 1. The van der Waals surface area contributed by atoms with Crippen molar-refractivity contribution >= 4 is 22.5 Å². The van der Waals surface area contributed by atoms with E-state index in [9.17, 15) is 14.7 Å². The molecule has 2 aromatic carbocycles. The second-order valence-corrected chi connectivity index (χ2v) is 7.34. The maximum absolute atomic E-state index is 12.4. The number of aromatic amines is 1. The first-order chi connectivity index (χ1) is 14.4. The third-order valence-electron chi connectivity index (χ3n) is 4.88. The van der Waals surface area contributed by atoms with Crippen LogP contribution in [0, 0.1) is 0 Å². The van der Waals surface area contributed by atoms with E-state index in [2.05, 4.69) is 4.98 Å². The van der Waals surface area contributed by atoms with Crippen molar-refractivity contribution < 1.29 is 14.6 Å². The van der Waals surface area contributed by atoms with Crippen LogP contribution in [0.25, 0.3) is 10.9 Å². The molecule has 0 aliphatic carbocycles. The largest absolute Gasteiger partial charge is 0.491 e. The number of fused-ring (bicyclic) bond motifs is 1. The molecule has 1 heterocycles. The number of nitrogens with zero attached hydrogens (tertiary/aromatic N) is 2. The molecule has 0 fully saturated rings. The molecule has 1 atom stereocenters. The number of aliphatic hydroxyl groups is 1. The second-order valence-electron chi connectivity index (χ2n) is 7.34. The van der Waals surface area contributed by atoms with E-state index >= 15 is 0 Å². The van der Waals surface area contributed by atoms with Crippen molar-refractivity contribution in [2.24, 2.45) is 0 Å².